The second-order valence-electron chi connectivity index (χ2n) is 8.03. The molecular formula is C26H27N2+. The number of aromatic nitrogens is 1. The monoisotopic (exact) mass is 367 g/mol. The van der Waals surface area contributed by atoms with E-state index in [4.69, 9.17) is 0 Å². The lowest BCUT2D eigenvalue weighted by molar-refractivity contribution is -0.733. The predicted octanol–water partition coefficient (Wildman–Crippen LogP) is 5.54. The molecule has 1 aromatic heterocycles. The van der Waals surface area contributed by atoms with Crippen LogP contribution in [-0.2, 0) is 6.42 Å². The molecule has 2 atom stereocenters. The van der Waals surface area contributed by atoms with Crippen molar-refractivity contribution in [2.45, 2.75) is 38.3 Å². The van der Waals surface area contributed by atoms with Crippen LogP contribution in [0.1, 0.15) is 48.7 Å². The fraction of sp³-hybridized carbons (Fsp3) is 0.231. The first kappa shape index (κ1) is 17.3. The molecule has 3 N–H and O–H groups in total. The number of rotatable bonds is 4. The molecule has 0 fully saturated rings. The van der Waals surface area contributed by atoms with Gasteiger partial charge < -0.3 is 10.3 Å². The summed E-state index contributed by atoms with van der Waals surface area (Å²) in [7, 11) is 0. The largest absolute Gasteiger partial charge is 0.353 e. The Bertz CT molecular complexity index is 1080. The summed E-state index contributed by atoms with van der Waals surface area (Å²) in [5.41, 5.74) is 8.24. The van der Waals surface area contributed by atoms with Gasteiger partial charge >= 0.3 is 0 Å². The molecule has 0 saturated heterocycles. The quantitative estimate of drug-likeness (QED) is 0.475. The molecule has 0 unspecified atom stereocenters. The molecule has 5 rings (SSSR count). The van der Waals surface area contributed by atoms with E-state index in [1.165, 1.54) is 58.1 Å². The van der Waals surface area contributed by atoms with Crippen molar-refractivity contribution in [3.63, 3.8) is 0 Å². The minimum Gasteiger partial charge on any atom is -0.353 e. The summed E-state index contributed by atoms with van der Waals surface area (Å²) in [5, 5.41) is 3.95. The van der Waals surface area contributed by atoms with E-state index in [2.05, 4.69) is 96.1 Å². The summed E-state index contributed by atoms with van der Waals surface area (Å²) in [5.74, 6) is 0. The number of benzene rings is 3. The van der Waals surface area contributed by atoms with Gasteiger partial charge in [0.1, 0.15) is 12.1 Å². The number of H-pyrrole nitrogens is 1. The van der Waals surface area contributed by atoms with Crippen LogP contribution in [0.5, 0.6) is 0 Å². The molecule has 28 heavy (non-hydrogen) atoms. The third-order valence-electron chi connectivity index (χ3n) is 6.21. The SMILES string of the molecule is C[C@H]([NH2+][C@H]1CCCc2c1[nH]c1ccc(-c3ccccc3)cc21)c1ccccc1. The standard InChI is InChI=1S/C26H26N2/c1-18(19-9-4-2-5-10-19)27-25-14-8-13-22-23-17-21(20-11-6-3-7-12-20)15-16-24(23)28-26(22)25/h2-7,9-12,15-18,25,27-28H,8,13-14H2,1H3/p+1/t18-,25-/m0/s1. The van der Waals surface area contributed by atoms with Gasteiger partial charge in [0, 0.05) is 22.9 Å². The molecule has 0 radical (unpaired) electrons. The summed E-state index contributed by atoms with van der Waals surface area (Å²) in [4.78, 5) is 3.77. The highest BCUT2D eigenvalue weighted by molar-refractivity contribution is 5.89. The first-order valence-electron chi connectivity index (χ1n) is 10.4. The second kappa shape index (κ2) is 7.29. The fourth-order valence-corrected chi connectivity index (χ4v) is 4.72. The molecule has 1 aliphatic carbocycles. The zero-order chi connectivity index (χ0) is 18.9. The van der Waals surface area contributed by atoms with Gasteiger partial charge in [0.25, 0.3) is 0 Å². The number of quaternary nitrogens is 1. The molecular weight excluding hydrogens is 340 g/mol. The minimum absolute atomic E-state index is 0.462. The van der Waals surface area contributed by atoms with Crippen molar-refractivity contribution >= 4 is 10.9 Å². The van der Waals surface area contributed by atoms with Gasteiger partial charge in [0.2, 0.25) is 0 Å². The van der Waals surface area contributed by atoms with E-state index in [9.17, 15) is 0 Å². The lowest BCUT2D eigenvalue weighted by Crippen LogP contribution is -2.86. The number of nitrogens with one attached hydrogen (secondary N) is 1. The van der Waals surface area contributed by atoms with E-state index in [0.717, 1.165) is 0 Å². The minimum atomic E-state index is 0.462. The predicted molar refractivity (Wildman–Crippen MR) is 116 cm³/mol. The maximum atomic E-state index is 3.77. The highest BCUT2D eigenvalue weighted by Crippen LogP contribution is 2.35. The number of aromatic amines is 1. The second-order valence-corrected chi connectivity index (χ2v) is 8.03. The summed E-state index contributed by atoms with van der Waals surface area (Å²) < 4.78 is 0. The normalized spacial score (nSPS) is 17.4. The van der Waals surface area contributed by atoms with Crippen molar-refractivity contribution in [2.24, 2.45) is 0 Å². The van der Waals surface area contributed by atoms with Crippen LogP contribution >= 0.6 is 0 Å². The van der Waals surface area contributed by atoms with Crippen molar-refractivity contribution < 1.29 is 5.32 Å². The lowest BCUT2D eigenvalue weighted by atomic mass is 9.90. The summed E-state index contributed by atoms with van der Waals surface area (Å²) in [6.45, 7) is 2.32. The Morgan fingerprint density at radius 2 is 1.64 bits per heavy atom. The maximum Gasteiger partial charge on any atom is 0.127 e. The van der Waals surface area contributed by atoms with Crippen molar-refractivity contribution in [1.29, 1.82) is 0 Å². The number of nitrogens with two attached hydrogens (primary N) is 1. The first-order chi connectivity index (χ1) is 13.8. The molecule has 0 saturated carbocycles. The van der Waals surface area contributed by atoms with E-state index < -0.39 is 0 Å². The van der Waals surface area contributed by atoms with Crippen LogP contribution < -0.4 is 5.32 Å². The molecule has 140 valence electrons. The first-order valence-corrected chi connectivity index (χ1v) is 10.4. The van der Waals surface area contributed by atoms with Crippen molar-refractivity contribution in [3.8, 4) is 11.1 Å². The summed E-state index contributed by atoms with van der Waals surface area (Å²) >= 11 is 0. The Hall–Kier alpha value is -2.84. The van der Waals surface area contributed by atoms with Crippen LogP contribution in [0.15, 0.2) is 78.9 Å². The highest BCUT2D eigenvalue weighted by atomic mass is 15.0. The molecule has 0 spiro atoms. The Morgan fingerprint density at radius 1 is 0.893 bits per heavy atom. The average molecular weight is 368 g/mol. The van der Waals surface area contributed by atoms with Gasteiger partial charge in [-0.15, -0.1) is 0 Å². The van der Waals surface area contributed by atoms with E-state index in [0.29, 0.717) is 12.1 Å². The lowest BCUT2D eigenvalue weighted by Gasteiger charge is -2.24. The summed E-state index contributed by atoms with van der Waals surface area (Å²) in [6.07, 6.45) is 3.68. The van der Waals surface area contributed by atoms with E-state index in [-0.39, 0.29) is 0 Å². The molecule has 2 nitrogen and oxygen atoms in total. The molecule has 0 amide bonds. The van der Waals surface area contributed by atoms with E-state index in [1.807, 2.05) is 0 Å². The van der Waals surface area contributed by atoms with Gasteiger partial charge in [-0.3, -0.25) is 0 Å². The van der Waals surface area contributed by atoms with Gasteiger partial charge in [-0.1, -0.05) is 66.7 Å². The van der Waals surface area contributed by atoms with Gasteiger partial charge in [-0.25, -0.2) is 0 Å². The zero-order valence-electron chi connectivity index (χ0n) is 16.4. The van der Waals surface area contributed by atoms with Crippen LogP contribution in [0, 0.1) is 0 Å². The number of aryl methyl sites for hydroxylation is 1. The average Bonchev–Trinajstić information content (AvgIpc) is 3.14. The third-order valence-corrected chi connectivity index (χ3v) is 6.21. The molecule has 4 aromatic rings. The smallest absolute Gasteiger partial charge is 0.127 e. The molecule has 0 bridgehead atoms. The number of hydrogen-bond donors (Lipinski definition) is 2. The number of fused-ring (bicyclic) bond motifs is 3. The van der Waals surface area contributed by atoms with E-state index in [1.54, 1.807) is 0 Å². The van der Waals surface area contributed by atoms with Crippen LogP contribution in [0.4, 0.5) is 0 Å². The highest BCUT2D eigenvalue weighted by Gasteiger charge is 2.28. The van der Waals surface area contributed by atoms with Gasteiger partial charge in [0.05, 0.1) is 5.69 Å². The van der Waals surface area contributed by atoms with Crippen molar-refractivity contribution in [3.05, 3.63) is 95.7 Å². The maximum absolute atomic E-state index is 3.77. The molecule has 1 heterocycles. The van der Waals surface area contributed by atoms with Crippen molar-refractivity contribution in [1.82, 2.24) is 4.98 Å². The number of hydrogen-bond acceptors (Lipinski definition) is 0. The van der Waals surface area contributed by atoms with Gasteiger partial charge in [-0.05, 0) is 48.6 Å². The molecule has 3 aromatic carbocycles. The van der Waals surface area contributed by atoms with Crippen LogP contribution in [-0.4, -0.2) is 4.98 Å². The Kier molecular flexibility index (Phi) is 4.50. The fourth-order valence-electron chi connectivity index (χ4n) is 4.72. The van der Waals surface area contributed by atoms with Gasteiger partial charge in [-0.2, -0.15) is 0 Å². The molecule has 1 aliphatic rings. The molecule has 2 heteroatoms. The Morgan fingerprint density at radius 3 is 2.43 bits per heavy atom. The Labute approximate surface area is 166 Å². The summed E-state index contributed by atoms with van der Waals surface area (Å²) in [6, 6.07) is 29.4. The van der Waals surface area contributed by atoms with Crippen molar-refractivity contribution in [2.75, 3.05) is 0 Å². The molecule has 0 aliphatic heterocycles. The van der Waals surface area contributed by atoms with Crippen LogP contribution in [0.3, 0.4) is 0 Å². The topological polar surface area (TPSA) is 32.4 Å². The Balaban J connectivity index is 1.49. The zero-order valence-corrected chi connectivity index (χ0v) is 16.4. The van der Waals surface area contributed by atoms with Gasteiger partial charge in [0.15, 0.2) is 0 Å². The van der Waals surface area contributed by atoms with Crippen LogP contribution in [0.2, 0.25) is 0 Å². The van der Waals surface area contributed by atoms with Crippen LogP contribution in [0.25, 0.3) is 22.0 Å². The van der Waals surface area contributed by atoms with E-state index >= 15 is 0 Å². The third kappa shape index (κ3) is 3.14.